The summed E-state index contributed by atoms with van der Waals surface area (Å²) in [6.07, 6.45) is 12.8. The second-order valence-corrected chi connectivity index (χ2v) is 22.2. The molecule has 13 rings (SSSR count). The molecule has 4 aromatic heterocycles. The summed E-state index contributed by atoms with van der Waals surface area (Å²) < 4.78 is 4.80. The highest BCUT2D eigenvalue weighted by atomic mass is 16.2. The first-order valence-electron chi connectivity index (χ1n) is 25.8. The molecular weight excluding hydrogens is 939 g/mol. The maximum atomic E-state index is 14.3. The third-order valence-corrected chi connectivity index (χ3v) is 18.6. The maximum absolute atomic E-state index is 14.3. The van der Waals surface area contributed by atoms with Gasteiger partial charge in [0.25, 0.3) is 68.1 Å². The summed E-state index contributed by atoms with van der Waals surface area (Å²) in [4.78, 5) is 166. The van der Waals surface area contributed by atoms with Crippen molar-refractivity contribution < 1.29 is 19.2 Å². The fraction of sp³-hybridized carbons (Fsp3) is 0.481. The van der Waals surface area contributed by atoms with E-state index in [0.717, 1.165) is 54.1 Å². The second-order valence-electron chi connectivity index (χ2n) is 22.2. The van der Waals surface area contributed by atoms with Gasteiger partial charge in [0, 0.05) is 69.6 Å². The highest BCUT2D eigenvalue weighted by molar-refractivity contribution is 6.13. The highest BCUT2D eigenvalue weighted by Crippen LogP contribution is 2.59. The Balaban J connectivity index is 0.725. The Morgan fingerprint density at radius 2 is 0.712 bits per heavy atom. The molecule has 0 spiro atoms. The average Bonchev–Trinajstić information content (AvgIpc) is 4.30. The van der Waals surface area contributed by atoms with Crippen LogP contribution in [0.4, 0.5) is 0 Å². The summed E-state index contributed by atoms with van der Waals surface area (Å²) in [6, 6.07) is 5.07. The van der Waals surface area contributed by atoms with E-state index < -0.39 is 50.5 Å². The van der Waals surface area contributed by atoms with Crippen molar-refractivity contribution in [3.8, 4) is 0 Å². The first-order valence-corrected chi connectivity index (χ1v) is 25.8. The summed E-state index contributed by atoms with van der Waals surface area (Å²) in [5.74, 6) is -1.60. The number of aromatic nitrogens is 4. The average molecular weight is 990 g/mol. The molecule has 0 N–H and O–H groups in total. The molecule has 73 heavy (non-hydrogen) atoms. The predicted octanol–water partition coefficient (Wildman–Crippen LogP) is 1.39. The summed E-state index contributed by atoms with van der Waals surface area (Å²) in [7, 11) is 0. The number of benzene rings is 2. The van der Waals surface area contributed by atoms with E-state index in [1.807, 2.05) is 4.90 Å². The Hall–Kier alpha value is -7.28. The quantitative estimate of drug-likeness (QED) is 0.167. The summed E-state index contributed by atoms with van der Waals surface area (Å²) in [6.45, 7) is 1.68. The van der Waals surface area contributed by atoms with Gasteiger partial charge in [-0.1, -0.05) is 25.7 Å². The number of amides is 4. The van der Waals surface area contributed by atoms with E-state index in [1.165, 1.54) is 67.5 Å². The van der Waals surface area contributed by atoms with Crippen LogP contribution in [0.5, 0.6) is 0 Å². The Morgan fingerprint density at radius 3 is 1.11 bits per heavy atom. The molecule has 0 radical (unpaired) electrons. The second kappa shape index (κ2) is 16.6. The van der Waals surface area contributed by atoms with Gasteiger partial charge >= 0.3 is 0 Å². The van der Waals surface area contributed by atoms with Gasteiger partial charge in [-0.2, -0.15) is 0 Å². The van der Waals surface area contributed by atoms with Gasteiger partial charge in [0.05, 0.1) is 49.8 Å². The van der Waals surface area contributed by atoms with E-state index in [0.29, 0.717) is 32.4 Å². The molecule has 4 aliphatic carbocycles. The molecule has 5 fully saturated rings. The summed E-state index contributed by atoms with van der Waals surface area (Å²) >= 11 is 0. The highest BCUT2D eigenvalue weighted by Gasteiger charge is 2.57. The van der Waals surface area contributed by atoms with Crippen molar-refractivity contribution in [2.75, 3.05) is 26.2 Å². The van der Waals surface area contributed by atoms with Gasteiger partial charge in [-0.05, 0) is 110 Å². The number of hydrogen-bond donors (Lipinski definition) is 0. The van der Waals surface area contributed by atoms with Crippen molar-refractivity contribution in [1.82, 2.24) is 33.0 Å². The molecule has 4 amide bonds. The summed E-state index contributed by atoms with van der Waals surface area (Å²) in [5, 5.41) is 0.522. The van der Waals surface area contributed by atoms with Gasteiger partial charge in [0.1, 0.15) is 0 Å². The van der Waals surface area contributed by atoms with Gasteiger partial charge in [-0.25, -0.2) is 0 Å². The molecule has 9 unspecified atom stereocenters. The Bertz CT molecular complexity index is 3770. The molecule has 9 atom stereocenters. The van der Waals surface area contributed by atoms with Crippen molar-refractivity contribution in [2.45, 2.75) is 90.0 Å². The topological polar surface area (TPSA) is 234 Å². The van der Waals surface area contributed by atoms with Crippen molar-refractivity contribution in [2.24, 2.45) is 47.3 Å². The van der Waals surface area contributed by atoms with E-state index in [4.69, 9.17) is 0 Å². The lowest BCUT2D eigenvalue weighted by molar-refractivity contribution is -0.139. The predicted molar refractivity (Wildman–Crippen MR) is 266 cm³/mol. The standard InChI is InChI=1S/C54H51N7O12/c62-43-9-10-44(63)56(43)19-26-5-1-3-7-28(26)21-58-47(66)32-15-36-37(16-33(32)48(58)67)52(71)60(51(36)70)25-55-23-40-30-13-31(41(40)24-55)42(14-30)61-53(72)38-17-34-35(18-39(38)54(61)73)50(69)59(49(34)68)22-29-8-4-2-6-27(29)20-57-45(64)11-12-46(57)65/h9-12,15-18,26-31,40-42H,1-8,13-14,19-25H2. The fourth-order valence-electron chi connectivity index (χ4n) is 15.0. The van der Waals surface area contributed by atoms with Crippen LogP contribution in [0.3, 0.4) is 0 Å². The molecule has 6 aromatic rings. The van der Waals surface area contributed by atoms with Crippen molar-refractivity contribution >= 4 is 66.7 Å². The lowest BCUT2D eigenvalue weighted by Gasteiger charge is -2.33. The molecule has 374 valence electrons. The van der Waals surface area contributed by atoms with Crippen molar-refractivity contribution in [3.63, 3.8) is 0 Å². The number of imide groups is 2. The van der Waals surface area contributed by atoms with Gasteiger partial charge in [0.15, 0.2) is 0 Å². The van der Waals surface area contributed by atoms with Gasteiger partial charge in [-0.15, -0.1) is 0 Å². The normalized spacial score (nSPS) is 28.4. The minimum Gasteiger partial charge on any atom is -0.285 e. The van der Waals surface area contributed by atoms with Crippen LogP contribution in [0.1, 0.15) is 70.3 Å². The van der Waals surface area contributed by atoms with Crippen LogP contribution >= 0.6 is 0 Å². The van der Waals surface area contributed by atoms with Crippen LogP contribution in [0.2, 0.25) is 0 Å². The van der Waals surface area contributed by atoms with Crippen molar-refractivity contribution in [1.29, 1.82) is 0 Å². The molecule has 19 nitrogen and oxygen atoms in total. The molecule has 4 saturated carbocycles. The minimum absolute atomic E-state index is 0.0168. The zero-order valence-corrected chi connectivity index (χ0v) is 39.9. The third-order valence-electron chi connectivity index (χ3n) is 18.6. The largest absolute Gasteiger partial charge is 0.285 e. The fourth-order valence-corrected chi connectivity index (χ4v) is 15.0. The minimum atomic E-state index is -0.567. The van der Waals surface area contributed by atoms with E-state index in [1.54, 1.807) is 0 Å². The number of likely N-dealkylation sites (tertiary alicyclic amines) is 1. The van der Waals surface area contributed by atoms with Gasteiger partial charge in [-0.3, -0.25) is 90.5 Å². The number of rotatable bonds is 11. The van der Waals surface area contributed by atoms with Gasteiger partial charge in [0.2, 0.25) is 0 Å². The van der Waals surface area contributed by atoms with Crippen molar-refractivity contribution in [3.05, 3.63) is 131 Å². The lowest BCUT2D eigenvalue weighted by atomic mass is 9.78. The number of nitrogens with zero attached hydrogens (tertiary/aromatic N) is 7. The first-order chi connectivity index (χ1) is 35.1. The van der Waals surface area contributed by atoms with E-state index >= 15 is 0 Å². The molecule has 1 saturated heterocycles. The molecule has 2 bridgehead atoms. The maximum Gasteiger partial charge on any atom is 0.262 e. The van der Waals surface area contributed by atoms with Crippen LogP contribution in [0.15, 0.2) is 86.9 Å². The number of carbonyl (C=O) groups is 4. The Morgan fingerprint density at radius 1 is 0.370 bits per heavy atom. The van der Waals surface area contributed by atoms with E-state index in [9.17, 15) is 57.5 Å². The third kappa shape index (κ3) is 6.85. The van der Waals surface area contributed by atoms with Crippen LogP contribution < -0.4 is 44.5 Å². The number of carbonyl (C=O) groups excluding carboxylic acids is 4. The molecule has 7 heterocycles. The Kier molecular flexibility index (Phi) is 10.4. The van der Waals surface area contributed by atoms with Gasteiger partial charge < -0.3 is 0 Å². The number of hydrogen-bond acceptors (Lipinski definition) is 13. The van der Waals surface area contributed by atoms with Crippen LogP contribution in [-0.4, -0.2) is 82.8 Å². The molecule has 19 heteroatoms. The smallest absolute Gasteiger partial charge is 0.262 e. The number of fused-ring (bicyclic) bond motifs is 9. The van der Waals surface area contributed by atoms with E-state index in [2.05, 4.69) is 0 Å². The molecule has 7 aliphatic rings. The SMILES string of the molecule is O=C1C=CC(=O)N1CC1CCCCC1Cn1c(=O)c2cc3c(=O)n(CN4CC5C6CC(C5C4)C(n4c(=O)c5cc7c(=O)n(CC8CCCCC8CN8C(=O)C=CC8=O)c(=O)c7cc5c4=O)C6)c(=O)c3cc2c1=O. The Labute approximate surface area is 412 Å². The zero-order valence-electron chi connectivity index (χ0n) is 39.9. The lowest BCUT2D eigenvalue weighted by Crippen LogP contribution is -2.41. The van der Waals surface area contributed by atoms with Crippen LogP contribution in [0, 0.1) is 47.3 Å². The van der Waals surface area contributed by atoms with Crippen LogP contribution in [-0.2, 0) is 38.9 Å². The van der Waals surface area contributed by atoms with Crippen LogP contribution in [0.25, 0.3) is 43.1 Å². The zero-order chi connectivity index (χ0) is 50.5. The van der Waals surface area contributed by atoms with E-state index in [-0.39, 0.29) is 147 Å². The molecule has 3 aliphatic heterocycles. The summed E-state index contributed by atoms with van der Waals surface area (Å²) in [5.41, 5.74) is -4.35. The molecular formula is C54H51N7O12. The monoisotopic (exact) mass is 989 g/mol. The first kappa shape index (κ1) is 45.6. The molecule has 2 aromatic carbocycles.